The molecule has 4 rings (SSSR count). The molecular weight excluding hydrogens is 326 g/mol. The Morgan fingerprint density at radius 1 is 1.00 bits per heavy atom. The Morgan fingerprint density at radius 2 is 1.81 bits per heavy atom. The van der Waals surface area contributed by atoms with E-state index in [0.29, 0.717) is 6.54 Å². The topological polar surface area (TPSA) is 54.3 Å². The Bertz CT molecular complexity index is 960. The van der Waals surface area contributed by atoms with Crippen molar-refractivity contribution in [2.75, 3.05) is 37.6 Å². The summed E-state index contributed by atoms with van der Waals surface area (Å²) in [5, 5.41) is 5.34. The van der Waals surface area contributed by atoms with Crippen molar-refractivity contribution in [2.45, 2.75) is 13.5 Å². The summed E-state index contributed by atoms with van der Waals surface area (Å²) in [4.78, 5) is 21.3. The van der Waals surface area contributed by atoms with Gasteiger partial charge in [-0.3, -0.25) is 9.69 Å². The van der Waals surface area contributed by atoms with E-state index in [1.165, 1.54) is 15.6 Å². The van der Waals surface area contributed by atoms with E-state index in [1.54, 1.807) is 18.3 Å². The molecule has 0 unspecified atom stereocenters. The number of para-hydroxylation sites is 1. The van der Waals surface area contributed by atoms with E-state index in [-0.39, 0.29) is 5.56 Å². The van der Waals surface area contributed by atoms with Crippen molar-refractivity contribution < 1.29 is 0 Å². The predicted octanol–water partition coefficient (Wildman–Crippen LogP) is 1.92. The minimum absolute atomic E-state index is 0.0398. The molecule has 0 atom stereocenters. The van der Waals surface area contributed by atoms with Crippen molar-refractivity contribution in [1.82, 2.24) is 19.7 Å². The van der Waals surface area contributed by atoms with Gasteiger partial charge in [-0.15, -0.1) is 0 Å². The molecule has 1 saturated heterocycles. The number of benzene rings is 1. The van der Waals surface area contributed by atoms with Gasteiger partial charge in [-0.25, -0.2) is 9.67 Å². The Morgan fingerprint density at radius 3 is 2.62 bits per heavy atom. The molecule has 1 aromatic carbocycles. The fourth-order valence-corrected chi connectivity index (χ4v) is 3.49. The van der Waals surface area contributed by atoms with Gasteiger partial charge in [-0.05, 0) is 30.7 Å². The van der Waals surface area contributed by atoms with E-state index in [1.807, 2.05) is 6.07 Å². The summed E-state index contributed by atoms with van der Waals surface area (Å²) in [6.07, 6.45) is 1.66. The maximum atomic E-state index is 11.7. The SMILES string of the molecule is Cc1cc(N2CCN(CCn3ncccc3=O)CC2)nc2ccccc12. The third-order valence-electron chi connectivity index (χ3n) is 5.02. The summed E-state index contributed by atoms with van der Waals surface area (Å²) < 4.78 is 1.53. The van der Waals surface area contributed by atoms with Crippen LogP contribution in [0.5, 0.6) is 0 Å². The van der Waals surface area contributed by atoms with Crippen molar-refractivity contribution >= 4 is 16.7 Å². The van der Waals surface area contributed by atoms with Crippen molar-refractivity contribution in [2.24, 2.45) is 0 Å². The second kappa shape index (κ2) is 7.25. The minimum atomic E-state index is -0.0398. The van der Waals surface area contributed by atoms with Gasteiger partial charge in [0.15, 0.2) is 0 Å². The molecule has 3 aromatic rings. The first-order valence-electron chi connectivity index (χ1n) is 9.06. The average molecular weight is 349 g/mol. The largest absolute Gasteiger partial charge is 0.354 e. The standard InChI is InChI=1S/C20H23N5O/c1-16-15-19(22-18-6-3-2-5-17(16)18)24-12-9-23(10-13-24)11-14-25-20(26)7-4-8-21-25/h2-8,15H,9-14H2,1H3. The summed E-state index contributed by atoms with van der Waals surface area (Å²) in [5.74, 6) is 1.06. The van der Waals surface area contributed by atoms with Gasteiger partial charge in [-0.2, -0.15) is 5.10 Å². The van der Waals surface area contributed by atoms with Crippen molar-refractivity contribution in [3.8, 4) is 0 Å². The summed E-state index contributed by atoms with van der Waals surface area (Å²) in [6, 6.07) is 13.7. The van der Waals surface area contributed by atoms with Crippen LogP contribution in [0, 0.1) is 6.92 Å². The molecule has 0 aliphatic carbocycles. The van der Waals surface area contributed by atoms with Gasteiger partial charge < -0.3 is 4.90 Å². The molecule has 3 heterocycles. The number of aromatic nitrogens is 3. The number of pyridine rings is 1. The number of anilines is 1. The first-order valence-corrected chi connectivity index (χ1v) is 9.06. The van der Waals surface area contributed by atoms with E-state index in [9.17, 15) is 4.79 Å². The van der Waals surface area contributed by atoms with Gasteiger partial charge >= 0.3 is 0 Å². The summed E-state index contributed by atoms with van der Waals surface area (Å²) in [6.45, 7) is 7.45. The molecular formula is C20H23N5O. The predicted molar refractivity (Wildman–Crippen MR) is 104 cm³/mol. The summed E-state index contributed by atoms with van der Waals surface area (Å²) in [7, 11) is 0. The Labute approximate surface area is 152 Å². The molecule has 2 aromatic heterocycles. The van der Waals surface area contributed by atoms with E-state index in [0.717, 1.165) is 44.1 Å². The average Bonchev–Trinajstić information content (AvgIpc) is 2.68. The lowest BCUT2D eigenvalue weighted by atomic mass is 10.1. The maximum absolute atomic E-state index is 11.7. The van der Waals surface area contributed by atoms with Crippen LogP contribution < -0.4 is 10.5 Å². The van der Waals surface area contributed by atoms with Crippen LogP contribution in [0.25, 0.3) is 10.9 Å². The number of fused-ring (bicyclic) bond motifs is 1. The monoisotopic (exact) mass is 349 g/mol. The normalized spacial score (nSPS) is 15.5. The summed E-state index contributed by atoms with van der Waals surface area (Å²) >= 11 is 0. The van der Waals surface area contributed by atoms with Gasteiger partial charge in [0.25, 0.3) is 5.56 Å². The third kappa shape index (κ3) is 3.46. The molecule has 0 bridgehead atoms. The van der Waals surface area contributed by atoms with Crippen molar-refractivity contribution in [3.05, 3.63) is 64.6 Å². The Kier molecular flexibility index (Phi) is 4.67. The highest BCUT2D eigenvalue weighted by Gasteiger charge is 2.18. The lowest BCUT2D eigenvalue weighted by molar-refractivity contribution is 0.242. The molecule has 1 aliphatic heterocycles. The van der Waals surface area contributed by atoms with Crippen LogP contribution in [-0.2, 0) is 6.54 Å². The highest BCUT2D eigenvalue weighted by molar-refractivity contribution is 5.83. The zero-order valence-corrected chi connectivity index (χ0v) is 15.0. The molecule has 26 heavy (non-hydrogen) atoms. The molecule has 0 amide bonds. The van der Waals surface area contributed by atoms with Crippen molar-refractivity contribution in [1.29, 1.82) is 0 Å². The van der Waals surface area contributed by atoms with Gasteiger partial charge in [-0.1, -0.05) is 18.2 Å². The van der Waals surface area contributed by atoms with Gasteiger partial charge in [0, 0.05) is 50.4 Å². The van der Waals surface area contributed by atoms with E-state index in [4.69, 9.17) is 4.98 Å². The fourth-order valence-electron chi connectivity index (χ4n) is 3.49. The van der Waals surface area contributed by atoms with Gasteiger partial charge in [0.05, 0.1) is 12.1 Å². The molecule has 1 aliphatic rings. The van der Waals surface area contributed by atoms with Crippen LogP contribution >= 0.6 is 0 Å². The van der Waals surface area contributed by atoms with E-state index >= 15 is 0 Å². The fraction of sp³-hybridized carbons (Fsp3) is 0.350. The second-order valence-electron chi connectivity index (χ2n) is 6.73. The van der Waals surface area contributed by atoms with Crippen molar-refractivity contribution in [3.63, 3.8) is 0 Å². The third-order valence-corrected chi connectivity index (χ3v) is 5.02. The lowest BCUT2D eigenvalue weighted by Gasteiger charge is -2.35. The molecule has 1 fully saturated rings. The highest BCUT2D eigenvalue weighted by atomic mass is 16.1. The molecule has 6 heteroatoms. The lowest BCUT2D eigenvalue weighted by Crippen LogP contribution is -2.48. The second-order valence-corrected chi connectivity index (χ2v) is 6.73. The molecule has 0 saturated carbocycles. The van der Waals surface area contributed by atoms with Gasteiger partial charge in [0.2, 0.25) is 0 Å². The molecule has 134 valence electrons. The number of piperazine rings is 1. The highest BCUT2D eigenvalue weighted by Crippen LogP contribution is 2.23. The molecule has 0 spiro atoms. The number of aryl methyl sites for hydroxylation is 1. The van der Waals surface area contributed by atoms with E-state index in [2.05, 4.69) is 46.1 Å². The first kappa shape index (κ1) is 16.7. The zero-order valence-electron chi connectivity index (χ0n) is 15.0. The Hall–Kier alpha value is -2.73. The van der Waals surface area contributed by atoms with Crippen LogP contribution in [-0.4, -0.2) is 52.4 Å². The van der Waals surface area contributed by atoms with Gasteiger partial charge in [0.1, 0.15) is 5.82 Å². The van der Waals surface area contributed by atoms with Crippen LogP contribution in [0.1, 0.15) is 5.56 Å². The number of nitrogens with zero attached hydrogens (tertiary/aromatic N) is 5. The van der Waals surface area contributed by atoms with Crippen LogP contribution in [0.4, 0.5) is 5.82 Å². The van der Waals surface area contributed by atoms with Crippen LogP contribution in [0.2, 0.25) is 0 Å². The first-order chi connectivity index (χ1) is 12.7. The van der Waals surface area contributed by atoms with Crippen LogP contribution in [0.3, 0.4) is 0 Å². The molecule has 6 nitrogen and oxygen atoms in total. The van der Waals surface area contributed by atoms with Crippen LogP contribution in [0.15, 0.2) is 53.5 Å². The maximum Gasteiger partial charge on any atom is 0.266 e. The zero-order chi connectivity index (χ0) is 17.9. The quantitative estimate of drug-likeness (QED) is 0.720. The Balaban J connectivity index is 1.39. The number of hydrogen-bond donors (Lipinski definition) is 0. The van der Waals surface area contributed by atoms with E-state index < -0.39 is 0 Å². The number of rotatable bonds is 4. The smallest absolute Gasteiger partial charge is 0.266 e. The minimum Gasteiger partial charge on any atom is -0.354 e. The molecule has 0 radical (unpaired) electrons. The molecule has 0 N–H and O–H groups in total. The number of hydrogen-bond acceptors (Lipinski definition) is 5. The summed E-state index contributed by atoms with van der Waals surface area (Å²) in [5.41, 5.74) is 2.28.